The Hall–Kier alpha value is -1.13. The van der Waals surface area contributed by atoms with Crippen molar-refractivity contribution in [2.75, 3.05) is 46.5 Å². The molecule has 0 saturated carbocycles. The van der Waals surface area contributed by atoms with Gasteiger partial charge >= 0.3 is 0 Å². The number of pyridine rings is 1. The fraction of sp³-hybridized carbons (Fsp3) is 0.714. The monoisotopic (exact) mass is 519 g/mol. The van der Waals surface area contributed by atoms with E-state index in [1.165, 1.54) is 25.8 Å². The number of nitrogens with one attached hydrogen (secondary N) is 2. The lowest BCUT2D eigenvalue weighted by atomic mass is 10.0. The van der Waals surface area contributed by atoms with Crippen molar-refractivity contribution < 1.29 is 9.47 Å². The molecule has 0 amide bonds. The second-order valence-electron chi connectivity index (χ2n) is 7.17. The van der Waals surface area contributed by atoms with Crippen LogP contribution < -0.4 is 15.4 Å². The molecule has 0 radical (unpaired) electrons. The van der Waals surface area contributed by atoms with Gasteiger partial charge in [0, 0.05) is 44.5 Å². The number of halogens is 1. The lowest BCUT2D eigenvalue weighted by molar-refractivity contribution is 0.143. The molecule has 1 atom stereocenters. The summed E-state index contributed by atoms with van der Waals surface area (Å²) in [5.74, 6) is 1.46. The van der Waals surface area contributed by atoms with Crippen molar-refractivity contribution in [3.8, 4) is 5.88 Å². The van der Waals surface area contributed by atoms with Gasteiger partial charge in [-0.05, 0) is 45.7 Å². The first-order valence-corrected chi connectivity index (χ1v) is 10.6. The van der Waals surface area contributed by atoms with Gasteiger partial charge in [0.15, 0.2) is 5.96 Å². The fourth-order valence-corrected chi connectivity index (χ4v) is 3.38. The summed E-state index contributed by atoms with van der Waals surface area (Å²) in [6.07, 6.45) is 6.89. The number of rotatable bonds is 11. The van der Waals surface area contributed by atoms with Crippen molar-refractivity contribution in [1.82, 2.24) is 20.5 Å². The minimum absolute atomic E-state index is 0. The largest absolute Gasteiger partial charge is 0.475 e. The van der Waals surface area contributed by atoms with E-state index in [4.69, 9.17) is 14.5 Å². The van der Waals surface area contributed by atoms with Gasteiger partial charge in [0.2, 0.25) is 5.88 Å². The molecular formula is C21H38IN5O2. The summed E-state index contributed by atoms with van der Waals surface area (Å²) >= 11 is 0. The number of hydrogen-bond acceptors (Lipinski definition) is 5. The summed E-state index contributed by atoms with van der Waals surface area (Å²) in [4.78, 5) is 11.6. The Bertz CT molecular complexity index is 588. The average molecular weight is 519 g/mol. The minimum Gasteiger partial charge on any atom is -0.475 e. The first-order valence-electron chi connectivity index (χ1n) is 10.6. The molecule has 29 heavy (non-hydrogen) atoms. The van der Waals surface area contributed by atoms with Crippen LogP contribution >= 0.6 is 24.0 Å². The standard InChI is InChI=1S/C21H37N5O2.HI/c1-4-22-21(24-12-8-14-26-13-6-5-9-18(26)2)25-17-19-10-7-11-23-20(19)28-16-15-27-3;/h7,10-11,18H,4-6,8-9,12-17H2,1-3H3,(H2,22,24,25);1H. The number of likely N-dealkylation sites (tertiary alicyclic amines) is 1. The molecule has 7 nitrogen and oxygen atoms in total. The van der Waals surface area contributed by atoms with Crippen LogP contribution in [0.15, 0.2) is 23.3 Å². The zero-order valence-corrected chi connectivity index (χ0v) is 20.5. The summed E-state index contributed by atoms with van der Waals surface area (Å²) in [7, 11) is 1.66. The van der Waals surface area contributed by atoms with Crippen LogP contribution in [0.1, 0.15) is 45.1 Å². The highest BCUT2D eigenvalue weighted by Crippen LogP contribution is 2.16. The molecule has 1 aromatic rings. The maximum absolute atomic E-state index is 5.69. The van der Waals surface area contributed by atoms with Gasteiger partial charge in [-0.15, -0.1) is 24.0 Å². The number of guanidine groups is 1. The zero-order chi connectivity index (χ0) is 20.0. The Morgan fingerprint density at radius 3 is 2.93 bits per heavy atom. The van der Waals surface area contributed by atoms with Gasteiger partial charge < -0.3 is 25.0 Å². The Balaban J connectivity index is 0.00000420. The summed E-state index contributed by atoms with van der Waals surface area (Å²) in [5, 5.41) is 6.76. The van der Waals surface area contributed by atoms with Crippen LogP contribution in [-0.4, -0.2) is 68.4 Å². The molecular weight excluding hydrogens is 481 g/mol. The molecule has 1 unspecified atom stereocenters. The molecule has 1 aliphatic rings. The van der Waals surface area contributed by atoms with E-state index in [0.29, 0.717) is 25.6 Å². The van der Waals surface area contributed by atoms with Crippen molar-refractivity contribution in [2.24, 2.45) is 4.99 Å². The van der Waals surface area contributed by atoms with Crippen LogP contribution in [0.4, 0.5) is 0 Å². The van der Waals surface area contributed by atoms with Gasteiger partial charge in [-0.2, -0.15) is 0 Å². The molecule has 166 valence electrons. The van der Waals surface area contributed by atoms with Gasteiger partial charge in [0.25, 0.3) is 0 Å². The Morgan fingerprint density at radius 2 is 2.17 bits per heavy atom. The van der Waals surface area contributed by atoms with Crippen molar-refractivity contribution in [2.45, 2.75) is 52.1 Å². The molecule has 1 saturated heterocycles. The normalized spacial score (nSPS) is 17.5. The maximum Gasteiger partial charge on any atom is 0.218 e. The lowest BCUT2D eigenvalue weighted by Crippen LogP contribution is -2.41. The van der Waals surface area contributed by atoms with Crippen LogP contribution in [0.25, 0.3) is 0 Å². The number of nitrogens with zero attached hydrogens (tertiary/aromatic N) is 3. The zero-order valence-electron chi connectivity index (χ0n) is 18.2. The first kappa shape index (κ1) is 25.9. The first-order chi connectivity index (χ1) is 13.7. The lowest BCUT2D eigenvalue weighted by Gasteiger charge is -2.33. The number of methoxy groups -OCH3 is 1. The van der Waals surface area contributed by atoms with E-state index in [1.807, 2.05) is 12.1 Å². The third-order valence-corrected chi connectivity index (χ3v) is 4.98. The predicted molar refractivity (Wildman–Crippen MR) is 129 cm³/mol. The molecule has 1 fully saturated rings. The molecule has 0 aliphatic carbocycles. The fourth-order valence-electron chi connectivity index (χ4n) is 3.38. The van der Waals surface area contributed by atoms with Gasteiger partial charge in [-0.1, -0.05) is 12.5 Å². The topological polar surface area (TPSA) is 71.0 Å². The van der Waals surface area contributed by atoms with E-state index < -0.39 is 0 Å². The summed E-state index contributed by atoms with van der Waals surface area (Å²) in [6.45, 7) is 10.1. The SMILES string of the molecule is CCNC(=NCc1cccnc1OCCOC)NCCCN1CCCCC1C.I. The van der Waals surface area contributed by atoms with Crippen molar-refractivity contribution in [3.63, 3.8) is 0 Å². The average Bonchev–Trinajstić information content (AvgIpc) is 2.71. The summed E-state index contributed by atoms with van der Waals surface area (Å²) in [6, 6.07) is 4.63. The summed E-state index contributed by atoms with van der Waals surface area (Å²) < 4.78 is 10.7. The highest BCUT2D eigenvalue weighted by molar-refractivity contribution is 14.0. The molecule has 2 N–H and O–H groups in total. The van der Waals surface area contributed by atoms with E-state index in [2.05, 4.69) is 34.4 Å². The van der Waals surface area contributed by atoms with E-state index in [1.54, 1.807) is 13.3 Å². The van der Waals surface area contributed by atoms with Gasteiger partial charge in [-0.3, -0.25) is 0 Å². The molecule has 2 rings (SSSR count). The molecule has 0 bridgehead atoms. The molecule has 1 aromatic heterocycles. The van der Waals surface area contributed by atoms with Crippen molar-refractivity contribution in [1.29, 1.82) is 0 Å². The highest BCUT2D eigenvalue weighted by Gasteiger charge is 2.17. The summed E-state index contributed by atoms with van der Waals surface area (Å²) in [5.41, 5.74) is 0.970. The second-order valence-corrected chi connectivity index (χ2v) is 7.17. The number of hydrogen-bond donors (Lipinski definition) is 2. The highest BCUT2D eigenvalue weighted by atomic mass is 127. The molecule has 1 aliphatic heterocycles. The minimum atomic E-state index is 0. The molecule has 0 aromatic carbocycles. The van der Waals surface area contributed by atoms with E-state index >= 15 is 0 Å². The van der Waals surface area contributed by atoms with Crippen LogP contribution in [-0.2, 0) is 11.3 Å². The van der Waals surface area contributed by atoms with Crippen molar-refractivity contribution in [3.05, 3.63) is 23.9 Å². The smallest absolute Gasteiger partial charge is 0.218 e. The third kappa shape index (κ3) is 9.95. The second kappa shape index (κ2) is 15.7. The van der Waals surface area contributed by atoms with Gasteiger partial charge in [0.05, 0.1) is 13.2 Å². The van der Waals surface area contributed by atoms with Crippen LogP contribution in [0.3, 0.4) is 0 Å². The van der Waals surface area contributed by atoms with Crippen molar-refractivity contribution >= 4 is 29.9 Å². The molecule has 0 spiro atoms. The number of aromatic nitrogens is 1. The van der Waals surface area contributed by atoms with Gasteiger partial charge in [0.1, 0.15) is 6.61 Å². The Morgan fingerprint density at radius 1 is 1.31 bits per heavy atom. The number of ether oxygens (including phenoxy) is 2. The predicted octanol–water partition coefficient (Wildman–Crippen LogP) is 3.04. The maximum atomic E-state index is 5.69. The molecule has 2 heterocycles. The van der Waals surface area contributed by atoms with Gasteiger partial charge in [-0.25, -0.2) is 9.98 Å². The Kier molecular flexibility index (Phi) is 14.0. The van der Waals surface area contributed by atoms with Crippen LogP contribution in [0, 0.1) is 0 Å². The van der Waals surface area contributed by atoms with Crippen LogP contribution in [0.2, 0.25) is 0 Å². The van der Waals surface area contributed by atoms with Crippen LogP contribution in [0.5, 0.6) is 5.88 Å². The Labute approximate surface area is 193 Å². The van der Waals surface area contributed by atoms with E-state index in [0.717, 1.165) is 43.6 Å². The van der Waals surface area contributed by atoms with E-state index in [-0.39, 0.29) is 24.0 Å². The van der Waals surface area contributed by atoms with E-state index in [9.17, 15) is 0 Å². The quantitative estimate of drug-likeness (QED) is 0.203. The third-order valence-electron chi connectivity index (χ3n) is 4.98. The number of piperidine rings is 1. The number of aliphatic imine (C=N–C) groups is 1. The molecule has 8 heteroatoms.